The maximum atomic E-state index is 11.9. The molecule has 0 unspecified atom stereocenters. The van der Waals surface area contributed by atoms with E-state index in [1.54, 1.807) is 36.4 Å². The number of aliphatic carboxylic acids is 1. The molecule has 0 fully saturated rings. The minimum atomic E-state index is -1.10. The maximum absolute atomic E-state index is 11.9. The van der Waals surface area contributed by atoms with Crippen LogP contribution < -0.4 is 18.9 Å². The van der Waals surface area contributed by atoms with E-state index in [9.17, 15) is 9.90 Å². The van der Waals surface area contributed by atoms with Gasteiger partial charge in [0.05, 0.1) is 34.0 Å². The average Bonchev–Trinajstić information content (AvgIpc) is 2.64. The third-order valence-corrected chi connectivity index (χ3v) is 3.66. The van der Waals surface area contributed by atoms with Crippen molar-refractivity contribution in [2.45, 2.75) is 0 Å². The second-order valence-corrected chi connectivity index (χ2v) is 4.99. The van der Waals surface area contributed by atoms with Crippen molar-refractivity contribution in [2.24, 2.45) is 0 Å². The van der Waals surface area contributed by atoms with Gasteiger partial charge < -0.3 is 24.1 Å². The molecule has 0 amide bonds. The fraction of sp³-hybridized carbons (Fsp3) is 0.211. The van der Waals surface area contributed by atoms with E-state index in [0.717, 1.165) is 0 Å². The van der Waals surface area contributed by atoms with Gasteiger partial charge in [0.2, 0.25) is 0 Å². The zero-order valence-electron chi connectivity index (χ0n) is 14.5. The van der Waals surface area contributed by atoms with E-state index in [1.807, 2.05) is 0 Å². The zero-order valence-corrected chi connectivity index (χ0v) is 14.5. The minimum absolute atomic E-state index is 0.0438. The molecule has 132 valence electrons. The van der Waals surface area contributed by atoms with Crippen LogP contribution in [-0.2, 0) is 4.79 Å². The molecular weight excluding hydrogens is 324 g/mol. The van der Waals surface area contributed by atoms with Crippen LogP contribution in [0.1, 0.15) is 11.1 Å². The molecule has 0 aliphatic carbocycles. The minimum Gasteiger partial charge on any atom is -0.493 e. The molecule has 0 heterocycles. The van der Waals surface area contributed by atoms with Gasteiger partial charge in [-0.15, -0.1) is 0 Å². The molecule has 0 aliphatic rings. The van der Waals surface area contributed by atoms with Gasteiger partial charge in [-0.05, 0) is 18.2 Å². The summed E-state index contributed by atoms with van der Waals surface area (Å²) in [5.74, 6) is 0.658. The second kappa shape index (κ2) is 8.10. The van der Waals surface area contributed by atoms with E-state index in [-0.39, 0.29) is 5.57 Å². The van der Waals surface area contributed by atoms with E-state index in [1.165, 1.54) is 34.5 Å². The molecule has 6 nitrogen and oxygen atoms in total. The highest BCUT2D eigenvalue weighted by Crippen LogP contribution is 2.38. The molecule has 2 aromatic rings. The first kappa shape index (κ1) is 18.2. The van der Waals surface area contributed by atoms with Crippen LogP contribution in [0.15, 0.2) is 36.4 Å². The fourth-order valence-corrected chi connectivity index (χ4v) is 2.54. The molecular formula is C19H20O6. The van der Waals surface area contributed by atoms with Gasteiger partial charge in [0.25, 0.3) is 0 Å². The summed E-state index contributed by atoms with van der Waals surface area (Å²) >= 11 is 0. The molecule has 0 saturated heterocycles. The summed E-state index contributed by atoms with van der Waals surface area (Å²) < 4.78 is 21.2. The Morgan fingerprint density at radius 3 is 1.92 bits per heavy atom. The summed E-state index contributed by atoms with van der Waals surface area (Å²) in [6.45, 7) is 0. The molecule has 0 atom stereocenters. The summed E-state index contributed by atoms with van der Waals surface area (Å²) in [5, 5.41) is 9.72. The lowest BCUT2D eigenvalue weighted by molar-refractivity contribution is -0.130. The van der Waals surface area contributed by atoms with E-state index in [2.05, 4.69) is 0 Å². The standard InChI is InChI=1S/C19H20O6/c1-22-15-9-5-7-12(17(15)24-3)11-14(19(20)21)13-8-6-10-16(23-2)18(13)25-4/h5-11H,1-4H3,(H,20,21). The highest BCUT2D eigenvalue weighted by Gasteiger charge is 2.20. The molecule has 2 rings (SSSR count). The first-order valence-corrected chi connectivity index (χ1v) is 7.44. The number of hydrogen-bond donors (Lipinski definition) is 1. The van der Waals surface area contributed by atoms with Crippen molar-refractivity contribution in [3.63, 3.8) is 0 Å². The van der Waals surface area contributed by atoms with Crippen molar-refractivity contribution in [1.29, 1.82) is 0 Å². The largest absolute Gasteiger partial charge is 0.493 e. The van der Waals surface area contributed by atoms with E-state index in [4.69, 9.17) is 18.9 Å². The van der Waals surface area contributed by atoms with E-state index in [0.29, 0.717) is 34.1 Å². The lowest BCUT2D eigenvalue weighted by Crippen LogP contribution is -2.03. The normalized spacial score (nSPS) is 11.0. The Bertz CT molecular complexity index is 794. The molecule has 0 bridgehead atoms. The van der Waals surface area contributed by atoms with Gasteiger partial charge in [0.15, 0.2) is 23.0 Å². The number of ether oxygens (including phenoxy) is 4. The monoisotopic (exact) mass is 344 g/mol. The Balaban J connectivity index is 2.69. The predicted octanol–water partition coefficient (Wildman–Crippen LogP) is 3.35. The molecule has 0 radical (unpaired) electrons. The first-order chi connectivity index (χ1) is 12.1. The average molecular weight is 344 g/mol. The highest BCUT2D eigenvalue weighted by atomic mass is 16.5. The number of benzene rings is 2. The van der Waals surface area contributed by atoms with Crippen molar-refractivity contribution in [2.75, 3.05) is 28.4 Å². The lowest BCUT2D eigenvalue weighted by atomic mass is 10.0. The number of carboxylic acids is 1. The predicted molar refractivity (Wildman–Crippen MR) is 94.6 cm³/mol. The van der Waals surface area contributed by atoms with E-state index < -0.39 is 5.97 Å². The van der Waals surface area contributed by atoms with Crippen LogP contribution in [0.2, 0.25) is 0 Å². The fourth-order valence-electron chi connectivity index (χ4n) is 2.54. The van der Waals surface area contributed by atoms with Gasteiger partial charge >= 0.3 is 5.97 Å². The third kappa shape index (κ3) is 3.68. The van der Waals surface area contributed by atoms with Gasteiger partial charge in [-0.1, -0.05) is 24.3 Å². The quantitative estimate of drug-likeness (QED) is 0.613. The maximum Gasteiger partial charge on any atom is 0.336 e. The van der Waals surface area contributed by atoms with Crippen molar-refractivity contribution in [1.82, 2.24) is 0 Å². The number of hydrogen-bond acceptors (Lipinski definition) is 5. The van der Waals surface area contributed by atoms with E-state index >= 15 is 0 Å². The number of carbonyl (C=O) groups is 1. The summed E-state index contributed by atoms with van der Waals surface area (Å²) in [6, 6.07) is 10.3. The molecule has 0 aromatic heterocycles. The van der Waals surface area contributed by atoms with Crippen LogP contribution in [0.4, 0.5) is 0 Å². The van der Waals surface area contributed by atoms with Gasteiger partial charge in [-0.25, -0.2) is 4.79 Å². The topological polar surface area (TPSA) is 74.2 Å². The Morgan fingerprint density at radius 2 is 1.40 bits per heavy atom. The highest BCUT2D eigenvalue weighted by molar-refractivity contribution is 6.21. The van der Waals surface area contributed by atoms with Crippen molar-refractivity contribution >= 4 is 17.6 Å². The third-order valence-electron chi connectivity index (χ3n) is 3.66. The van der Waals surface area contributed by atoms with Crippen LogP contribution in [0.3, 0.4) is 0 Å². The molecule has 2 aromatic carbocycles. The number of rotatable bonds is 7. The Morgan fingerprint density at radius 1 is 0.840 bits per heavy atom. The van der Waals surface area contributed by atoms with Crippen LogP contribution in [0.25, 0.3) is 11.6 Å². The van der Waals surface area contributed by atoms with Gasteiger partial charge in [0.1, 0.15) is 0 Å². The molecule has 0 aliphatic heterocycles. The molecule has 0 saturated carbocycles. The van der Waals surface area contributed by atoms with Crippen LogP contribution in [0.5, 0.6) is 23.0 Å². The smallest absolute Gasteiger partial charge is 0.336 e. The summed E-state index contributed by atoms with van der Waals surface area (Å²) in [5.41, 5.74) is 1.02. The van der Waals surface area contributed by atoms with Crippen molar-refractivity contribution in [3.8, 4) is 23.0 Å². The van der Waals surface area contributed by atoms with Gasteiger partial charge in [0, 0.05) is 11.1 Å². The zero-order chi connectivity index (χ0) is 18.4. The Kier molecular flexibility index (Phi) is 5.89. The molecule has 1 N–H and O–H groups in total. The van der Waals surface area contributed by atoms with Gasteiger partial charge in [-0.2, -0.15) is 0 Å². The van der Waals surface area contributed by atoms with Gasteiger partial charge in [-0.3, -0.25) is 0 Å². The lowest BCUT2D eigenvalue weighted by Gasteiger charge is -2.14. The molecule has 6 heteroatoms. The van der Waals surface area contributed by atoms with Crippen molar-refractivity contribution < 1.29 is 28.8 Å². The molecule has 25 heavy (non-hydrogen) atoms. The SMILES string of the molecule is COc1cccc(C=C(C(=O)O)c2cccc(OC)c2OC)c1OC. The van der Waals surface area contributed by atoms with Crippen LogP contribution in [-0.4, -0.2) is 39.5 Å². The Hall–Kier alpha value is -3.15. The Labute approximate surface area is 146 Å². The van der Waals surface area contributed by atoms with Crippen LogP contribution >= 0.6 is 0 Å². The summed E-state index contributed by atoms with van der Waals surface area (Å²) in [7, 11) is 5.99. The summed E-state index contributed by atoms with van der Waals surface area (Å²) in [4.78, 5) is 11.9. The first-order valence-electron chi connectivity index (χ1n) is 7.44. The second-order valence-electron chi connectivity index (χ2n) is 4.99. The number of carboxylic acid groups (broad SMARTS) is 1. The number of methoxy groups -OCH3 is 4. The van der Waals surface area contributed by atoms with Crippen molar-refractivity contribution in [3.05, 3.63) is 47.5 Å². The number of para-hydroxylation sites is 2. The summed E-state index contributed by atoms with van der Waals surface area (Å²) in [6.07, 6.45) is 1.51. The van der Waals surface area contributed by atoms with Crippen LogP contribution in [0, 0.1) is 0 Å². The molecule has 0 spiro atoms.